The van der Waals surface area contributed by atoms with E-state index in [4.69, 9.17) is 11.6 Å². The monoisotopic (exact) mass is 587 g/mol. The number of piperidine rings is 1. The number of likely N-dealkylation sites (tertiary alicyclic amines) is 1. The van der Waals surface area contributed by atoms with Gasteiger partial charge in [0.1, 0.15) is 6.04 Å². The number of aromatic nitrogens is 1. The lowest BCUT2D eigenvalue weighted by Gasteiger charge is -2.32. The standard InChI is InChI=1S/C30H42ClN5O3S/c1-2-27(37)33-24(19-29-34-23-14-13-22(31)18-26(23)40-29)30(39)35-25(21-10-5-3-6-11-21)20-32-28(38)12-9-17-36-15-7-4-8-16-36/h9,12-14,18,21,24-25H,2-8,10-11,15-17,19-20H2,1H3,(H,32,38)(H,33,37)(H,35,39)/b12-9+/t24-,25+/m0/s1. The molecule has 1 saturated carbocycles. The van der Waals surface area contributed by atoms with Crippen molar-refractivity contribution in [2.24, 2.45) is 5.92 Å². The SMILES string of the molecule is CCC(=O)N[C@@H](Cc1nc2ccc(Cl)cc2s1)C(=O)N[C@H](CNC(=O)/C=C/CN1CCCCC1)C1CCCCC1. The van der Waals surface area contributed by atoms with E-state index < -0.39 is 6.04 Å². The smallest absolute Gasteiger partial charge is 0.243 e. The van der Waals surface area contributed by atoms with E-state index in [1.54, 1.807) is 19.1 Å². The van der Waals surface area contributed by atoms with E-state index >= 15 is 0 Å². The van der Waals surface area contributed by atoms with E-state index in [-0.39, 0.29) is 42.5 Å². The molecule has 0 radical (unpaired) electrons. The van der Waals surface area contributed by atoms with Crippen molar-refractivity contribution < 1.29 is 14.4 Å². The van der Waals surface area contributed by atoms with Gasteiger partial charge in [-0.2, -0.15) is 0 Å². The van der Waals surface area contributed by atoms with Gasteiger partial charge in [-0.3, -0.25) is 19.3 Å². The molecule has 0 unspecified atom stereocenters. The number of carbonyl (C=O) groups is 3. The van der Waals surface area contributed by atoms with E-state index in [2.05, 4.69) is 25.8 Å². The summed E-state index contributed by atoms with van der Waals surface area (Å²) in [6.45, 7) is 5.08. The molecule has 3 N–H and O–H groups in total. The molecule has 4 rings (SSSR count). The zero-order valence-corrected chi connectivity index (χ0v) is 25.0. The van der Waals surface area contributed by atoms with Gasteiger partial charge in [0.25, 0.3) is 0 Å². The molecule has 1 aromatic carbocycles. The first kappa shape index (κ1) is 30.5. The van der Waals surface area contributed by atoms with Crippen LogP contribution in [0.3, 0.4) is 0 Å². The summed E-state index contributed by atoms with van der Waals surface area (Å²) in [5.41, 5.74) is 0.821. The van der Waals surface area contributed by atoms with Crippen LogP contribution in [0.4, 0.5) is 0 Å². The molecule has 1 aliphatic heterocycles. The number of fused-ring (bicyclic) bond motifs is 1. The topological polar surface area (TPSA) is 103 Å². The molecule has 0 spiro atoms. The lowest BCUT2D eigenvalue weighted by atomic mass is 9.83. The first-order valence-electron chi connectivity index (χ1n) is 14.7. The Bertz CT molecular complexity index is 1170. The second kappa shape index (κ2) is 15.5. The second-order valence-corrected chi connectivity index (χ2v) is 12.5. The van der Waals surface area contributed by atoms with Gasteiger partial charge < -0.3 is 16.0 Å². The third-order valence-corrected chi connectivity index (χ3v) is 9.15. The number of carbonyl (C=O) groups excluding carboxylic acids is 3. The molecule has 1 saturated heterocycles. The number of benzene rings is 1. The molecule has 218 valence electrons. The van der Waals surface area contributed by atoms with Crippen molar-refractivity contribution in [3.8, 4) is 0 Å². The summed E-state index contributed by atoms with van der Waals surface area (Å²) in [5, 5.41) is 10.5. The fraction of sp³-hybridized carbons (Fsp3) is 0.600. The van der Waals surface area contributed by atoms with Crippen molar-refractivity contribution in [1.82, 2.24) is 25.8 Å². The summed E-state index contributed by atoms with van der Waals surface area (Å²) >= 11 is 7.62. The van der Waals surface area contributed by atoms with Gasteiger partial charge >= 0.3 is 0 Å². The average molecular weight is 588 g/mol. The Kier molecular flexibility index (Phi) is 11.8. The minimum Gasteiger partial charge on any atom is -0.350 e. The van der Waals surface area contributed by atoms with Gasteiger partial charge in [-0.15, -0.1) is 11.3 Å². The molecule has 0 bridgehead atoms. The molecule has 8 nitrogen and oxygen atoms in total. The lowest BCUT2D eigenvalue weighted by Crippen LogP contribution is -2.55. The predicted molar refractivity (Wildman–Crippen MR) is 162 cm³/mol. The van der Waals surface area contributed by atoms with Gasteiger partial charge in [-0.25, -0.2) is 4.98 Å². The molecule has 3 amide bonds. The Hall–Kier alpha value is -2.49. The highest BCUT2D eigenvalue weighted by Crippen LogP contribution is 2.28. The minimum absolute atomic E-state index is 0.143. The molecule has 2 heterocycles. The number of nitrogens with zero attached hydrogens (tertiary/aromatic N) is 2. The Labute approximate surface area is 246 Å². The first-order valence-corrected chi connectivity index (χ1v) is 15.9. The maximum Gasteiger partial charge on any atom is 0.243 e. The maximum atomic E-state index is 13.6. The molecular formula is C30H42ClN5O3S. The van der Waals surface area contributed by atoms with Crippen LogP contribution in [-0.4, -0.2) is 65.9 Å². The van der Waals surface area contributed by atoms with Crippen molar-refractivity contribution in [1.29, 1.82) is 0 Å². The number of rotatable bonds is 12. The third-order valence-electron chi connectivity index (χ3n) is 7.87. The van der Waals surface area contributed by atoms with Crippen LogP contribution in [0.25, 0.3) is 10.2 Å². The predicted octanol–water partition coefficient (Wildman–Crippen LogP) is 4.61. The highest BCUT2D eigenvalue weighted by atomic mass is 35.5. The van der Waals surface area contributed by atoms with Gasteiger partial charge in [-0.1, -0.05) is 50.3 Å². The van der Waals surface area contributed by atoms with E-state index in [0.29, 0.717) is 11.6 Å². The van der Waals surface area contributed by atoms with Crippen molar-refractivity contribution in [2.45, 2.75) is 83.2 Å². The third kappa shape index (κ3) is 9.28. The van der Waals surface area contributed by atoms with E-state index in [9.17, 15) is 14.4 Å². The van der Waals surface area contributed by atoms with Crippen LogP contribution >= 0.6 is 22.9 Å². The number of nitrogens with one attached hydrogen (secondary N) is 3. The average Bonchev–Trinajstić information content (AvgIpc) is 3.37. The quantitative estimate of drug-likeness (QED) is 0.315. The molecule has 10 heteroatoms. The van der Waals surface area contributed by atoms with Gasteiger partial charge in [0.2, 0.25) is 17.7 Å². The van der Waals surface area contributed by atoms with Crippen LogP contribution in [0.5, 0.6) is 0 Å². The zero-order valence-electron chi connectivity index (χ0n) is 23.4. The number of hydrogen-bond acceptors (Lipinski definition) is 6. The maximum absolute atomic E-state index is 13.6. The van der Waals surface area contributed by atoms with E-state index in [0.717, 1.165) is 60.5 Å². The highest BCUT2D eigenvalue weighted by molar-refractivity contribution is 7.18. The molecule has 2 atom stereocenters. The number of hydrogen-bond donors (Lipinski definition) is 3. The Morgan fingerprint density at radius 2 is 1.85 bits per heavy atom. The summed E-state index contributed by atoms with van der Waals surface area (Å²) < 4.78 is 0.944. The van der Waals surface area contributed by atoms with Crippen molar-refractivity contribution in [3.05, 3.63) is 40.4 Å². The molecule has 1 aliphatic carbocycles. The Balaban J connectivity index is 1.40. The Morgan fingerprint density at radius 1 is 1.10 bits per heavy atom. The zero-order chi connectivity index (χ0) is 28.3. The van der Waals surface area contributed by atoms with Crippen molar-refractivity contribution in [3.63, 3.8) is 0 Å². The normalized spacial score (nSPS) is 18.4. The lowest BCUT2D eigenvalue weighted by molar-refractivity contribution is -0.129. The van der Waals surface area contributed by atoms with Crippen molar-refractivity contribution >= 4 is 50.9 Å². The fourth-order valence-corrected chi connectivity index (χ4v) is 6.88. The van der Waals surface area contributed by atoms with Gasteiger partial charge in [-0.05, 0) is 62.9 Å². The molecule has 1 aromatic heterocycles. The summed E-state index contributed by atoms with van der Waals surface area (Å²) in [7, 11) is 0. The number of halogens is 1. The van der Waals surface area contributed by atoms with Crippen LogP contribution in [0.1, 0.15) is 69.7 Å². The first-order chi connectivity index (χ1) is 19.4. The summed E-state index contributed by atoms with van der Waals surface area (Å²) in [6, 6.07) is 4.56. The van der Waals surface area contributed by atoms with E-state index in [1.165, 1.54) is 37.0 Å². The fourth-order valence-electron chi connectivity index (χ4n) is 5.59. The Morgan fingerprint density at radius 3 is 2.60 bits per heavy atom. The molecule has 40 heavy (non-hydrogen) atoms. The summed E-state index contributed by atoms with van der Waals surface area (Å²) in [6.07, 6.45) is 13.3. The van der Waals surface area contributed by atoms with Crippen molar-refractivity contribution in [2.75, 3.05) is 26.2 Å². The van der Waals surface area contributed by atoms with Gasteiger partial charge in [0.05, 0.1) is 15.2 Å². The number of amides is 3. The largest absolute Gasteiger partial charge is 0.350 e. The summed E-state index contributed by atoms with van der Waals surface area (Å²) in [4.78, 5) is 45.6. The molecule has 2 fully saturated rings. The van der Waals surface area contributed by atoms with Crippen LogP contribution in [0.15, 0.2) is 30.4 Å². The summed E-state index contributed by atoms with van der Waals surface area (Å²) in [5.74, 6) is -0.297. The van der Waals surface area contributed by atoms with Crippen LogP contribution in [-0.2, 0) is 20.8 Å². The minimum atomic E-state index is -0.755. The number of thiazole rings is 1. The van der Waals surface area contributed by atoms with Crippen LogP contribution in [0.2, 0.25) is 5.02 Å². The highest BCUT2D eigenvalue weighted by Gasteiger charge is 2.29. The van der Waals surface area contributed by atoms with E-state index in [1.807, 2.05) is 18.2 Å². The molecule has 2 aromatic rings. The van der Waals surface area contributed by atoms with Gasteiger partial charge in [0.15, 0.2) is 0 Å². The van der Waals surface area contributed by atoms with Crippen LogP contribution < -0.4 is 16.0 Å². The molecule has 2 aliphatic rings. The molecular weight excluding hydrogens is 546 g/mol. The van der Waals surface area contributed by atoms with Gasteiger partial charge in [0, 0.05) is 43.1 Å². The second-order valence-electron chi connectivity index (χ2n) is 10.9. The van der Waals surface area contributed by atoms with Crippen LogP contribution in [0, 0.1) is 5.92 Å².